The van der Waals surface area contributed by atoms with Crippen LogP contribution in [0, 0.1) is 5.82 Å². The summed E-state index contributed by atoms with van der Waals surface area (Å²) in [5.41, 5.74) is 1.83. The molecule has 130 valence electrons. The topological polar surface area (TPSA) is 51.2 Å². The Bertz CT molecular complexity index is 893. The van der Waals surface area contributed by atoms with Crippen molar-refractivity contribution in [2.45, 2.75) is 6.61 Å². The van der Waals surface area contributed by atoms with E-state index in [1.54, 1.807) is 24.4 Å². The number of anilines is 1. The minimum Gasteiger partial charge on any atom is -0.487 e. The van der Waals surface area contributed by atoms with Gasteiger partial charge in [0, 0.05) is 12.3 Å². The maximum atomic E-state index is 13.5. The summed E-state index contributed by atoms with van der Waals surface area (Å²) >= 11 is 0. The molecule has 0 aliphatic heterocycles. The molecule has 0 saturated carbocycles. The summed E-state index contributed by atoms with van der Waals surface area (Å²) in [4.78, 5) is 16.1. The standard InChI is InChI=1S/C21H17FN2O2/c22-19-6-1-2-7-20(19)24-21(25)13-10-16-8-11-18(12-9-16)26-15-17-5-3-4-14-23-17/h1-14H,15H2,(H,24,25)/b13-10+. The van der Waals surface area contributed by atoms with Crippen LogP contribution in [0.1, 0.15) is 11.3 Å². The summed E-state index contributed by atoms with van der Waals surface area (Å²) in [5.74, 6) is -0.155. The fraction of sp³-hybridized carbons (Fsp3) is 0.0476. The van der Waals surface area contributed by atoms with Crippen LogP contribution in [0.2, 0.25) is 0 Å². The SMILES string of the molecule is O=C(/C=C/c1ccc(OCc2ccccn2)cc1)Nc1ccccc1F. The summed E-state index contributed by atoms with van der Waals surface area (Å²) in [7, 11) is 0. The lowest BCUT2D eigenvalue weighted by atomic mass is 10.2. The minimum atomic E-state index is -0.469. The van der Waals surface area contributed by atoms with Crippen LogP contribution < -0.4 is 10.1 Å². The van der Waals surface area contributed by atoms with Crippen LogP contribution >= 0.6 is 0 Å². The fourth-order valence-electron chi connectivity index (χ4n) is 2.22. The van der Waals surface area contributed by atoms with Crippen LogP contribution in [0.5, 0.6) is 5.75 Å². The number of para-hydroxylation sites is 1. The van der Waals surface area contributed by atoms with Gasteiger partial charge in [-0.25, -0.2) is 4.39 Å². The summed E-state index contributed by atoms with van der Waals surface area (Å²) in [6.45, 7) is 0.390. The average molecular weight is 348 g/mol. The molecule has 4 nitrogen and oxygen atoms in total. The third kappa shape index (κ3) is 5.01. The molecule has 0 radical (unpaired) electrons. The van der Waals surface area contributed by atoms with Crippen molar-refractivity contribution in [3.05, 3.63) is 96.1 Å². The van der Waals surface area contributed by atoms with Crippen molar-refractivity contribution in [2.24, 2.45) is 0 Å². The van der Waals surface area contributed by atoms with Gasteiger partial charge in [0.2, 0.25) is 5.91 Å². The molecule has 2 aromatic carbocycles. The third-order valence-electron chi connectivity index (χ3n) is 3.55. The van der Waals surface area contributed by atoms with E-state index in [9.17, 15) is 9.18 Å². The Morgan fingerprint density at radius 3 is 2.54 bits per heavy atom. The van der Waals surface area contributed by atoms with Gasteiger partial charge in [-0.3, -0.25) is 9.78 Å². The molecule has 26 heavy (non-hydrogen) atoms. The van der Waals surface area contributed by atoms with Gasteiger partial charge in [-0.15, -0.1) is 0 Å². The zero-order valence-electron chi connectivity index (χ0n) is 13.9. The number of rotatable bonds is 6. The molecular weight excluding hydrogens is 331 g/mol. The summed E-state index contributed by atoms with van der Waals surface area (Å²) in [5, 5.41) is 2.50. The quantitative estimate of drug-likeness (QED) is 0.670. The number of benzene rings is 2. The molecule has 0 atom stereocenters. The Kier molecular flexibility index (Phi) is 5.72. The first-order valence-corrected chi connectivity index (χ1v) is 8.07. The van der Waals surface area contributed by atoms with Crippen molar-refractivity contribution < 1.29 is 13.9 Å². The lowest BCUT2D eigenvalue weighted by molar-refractivity contribution is -0.111. The first-order valence-electron chi connectivity index (χ1n) is 8.07. The van der Waals surface area contributed by atoms with Crippen molar-refractivity contribution in [2.75, 3.05) is 5.32 Å². The Hall–Kier alpha value is -3.47. The molecule has 1 amide bonds. The molecule has 3 rings (SSSR count). The second-order valence-electron chi connectivity index (χ2n) is 5.48. The smallest absolute Gasteiger partial charge is 0.248 e. The highest BCUT2D eigenvalue weighted by Crippen LogP contribution is 2.15. The lowest BCUT2D eigenvalue weighted by Gasteiger charge is -2.06. The number of pyridine rings is 1. The number of carbonyl (C=O) groups is 1. The van der Waals surface area contributed by atoms with Gasteiger partial charge in [-0.05, 0) is 48.0 Å². The number of nitrogens with one attached hydrogen (secondary N) is 1. The number of nitrogens with zero attached hydrogens (tertiary/aromatic N) is 1. The number of carbonyl (C=O) groups excluding carboxylic acids is 1. The Balaban J connectivity index is 1.54. The third-order valence-corrected chi connectivity index (χ3v) is 3.55. The van der Waals surface area contributed by atoms with Gasteiger partial charge in [0.1, 0.15) is 18.2 Å². The summed E-state index contributed by atoms with van der Waals surface area (Å²) in [6, 6.07) is 19.0. The molecule has 1 aromatic heterocycles. The van der Waals surface area contributed by atoms with E-state index in [4.69, 9.17) is 4.74 Å². The number of ether oxygens (including phenoxy) is 1. The number of hydrogen-bond donors (Lipinski definition) is 1. The van der Waals surface area contributed by atoms with Gasteiger partial charge in [0.25, 0.3) is 0 Å². The fourth-order valence-corrected chi connectivity index (χ4v) is 2.22. The van der Waals surface area contributed by atoms with Gasteiger partial charge in [-0.2, -0.15) is 0 Å². The maximum absolute atomic E-state index is 13.5. The second-order valence-corrected chi connectivity index (χ2v) is 5.48. The van der Waals surface area contributed by atoms with E-state index in [2.05, 4.69) is 10.3 Å². The number of halogens is 1. The van der Waals surface area contributed by atoms with Crippen LogP contribution in [-0.2, 0) is 11.4 Å². The predicted octanol–water partition coefficient (Wildman–Crippen LogP) is 4.45. The van der Waals surface area contributed by atoms with Crippen LogP contribution in [-0.4, -0.2) is 10.9 Å². The van der Waals surface area contributed by atoms with Gasteiger partial charge in [-0.1, -0.05) is 30.3 Å². The molecule has 1 heterocycles. The molecule has 0 fully saturated rings. The molecule has 5 heteroatoms. The first-order chi connectivity index (χ1) is 12.7. The summed E-state index contributed by atoms with van der Waals surface area (Å²) < 4.78 is 19.2. The van der Waals surface area contributed by atoms with Crippen LogP contribution in [0.25, 0.3) is 6.08 Å². The van der Waals surface area contributed by atoms with Crippen molar-refractivity contribution in [3.63, 3.8) is 0 Å². The highest BCUT2D eigenvalue weighted by molar-refractivity contribution is 6.01. The second kappa shape index (κ2) is 8.58. The Morgan fingerprint density at radius 1 is 1.04 bits per heavy atom. The maximum Gasteiger partial charge on any atom is 0.248 e. The lowest BCUT2D eigenvalue weighted by Crippen LogP contribution is -2.08. The number of hydrogen-bond acceptors (Lipinski definition) is 3. The molecule has 0 bridgehead atoms. The van der Waals surface area contributed by atoms with E-state index in [1.165, 1.54) is 18.2 Å². The highest BCUT2D eigenvalue weighted by atomic mass is 19.1. The normalized spacial score (nSPS) is 10.7. The molecule has 0 aliphatic rings. The van der Waals surface area contributed by atoms with E-state index in [0.717, 1.165) is 11.3 Å². The molecule has 0 spiro atoms. The zero-order valence-corrected chi connectivity index (χ0v) is 13.9. The number of aromatic nitrogens is 1. The number of amides is 1. The van der Waals surface area contributed by atoms with Gasteiger partial charge >= 0.3 is 0 Å². The van der Waals surface area contributed by atoms with Crippen molar-refractivity contribution in [1.82, 2.24) is 4.98 Å². The average Bonchev–Trinajstić information content (AvgIpc) is 2.68. The summed E-state index contributed by atoms with van der Waals surface area (Å²) in [6.07, 6.45) is 4.73. The van der Waals surface area contributed by atoms with Gasteiger partial charge in [0.15, 0.2) is 0 Å². The monoisotopic (exact) mass is 348 g/mol. The Labute approximate surface area is 151 Å². The molecule has 0 unspecified atom stereocenters. The van der Waals surface area contributed by atoms with Crippen LogP contribution in [0.15, 0.2) is 79.0 Å². The van der Waals surface area contributed by atoms with E-state index in [-0.39, 0.29) is 5.69 Å². The molecule has 1 N–H and O–H groups in total. The van der Waals surface area contributed by atoms with Crippen molar-refractivity contribution in [1.29, 1.82) is 0 Å². The predicted molar refractivity (Wildman–Crippen MR) is 99.1 cm³/mol. The van der Waals surface area contributed by atoms with Crippen molar-refractivity contribution in [3.8, 4) is 5.75 Å². The van der Waals surface area contributed by atoms with E-state index in [0.29, 0.717) is 12.4 Å². The van der Waals surface area contributed by atoms with Crippen molar-refractivity contribution >= 4 is 17.7 Å². The zero-order chi connectivity index (χ0) is 18.2. The van der Waals surface area contributed by atoms with Crippen LogP contribution in [0.3, 0.4) is 0 Å². The molecule has 0 saturated heterocycles. The van der Waals surface area contributed by atoms with Crippen LogP contribution in [0.4, 0.5) is 10.1 Å². The minimum absolute atomic E-state index is 0.153. The molecule has 3 aromatic rings. The Morgan fingerprint density at radius 2 is 1.81 bits per heavy atom. The van der Waals surface area contributed by atoms with E-state index < -0.39 is 11.7 Å². The van der Waals surface area contributed by atoms with Gasteiger partial charge < -0.3 is 10.1 Å². The molecular formula is C21H17FN2O2. The van der Waals surface area contributed by atoms with E-state index >= 15 is 0 Å². The first kappa shape index (κ1) is 17.4. The van der Waals surface area contributed by atoms with E-state index in [1.807, 2.05) is 42.5 Å². The largest absolute Gasteiger partial charge is 0.487 e. The molecule has 0 aliphatic carbocycles. The highest BCUT2D eigenvalue weighted by Gasteiger charge is 2.03. The van der Waals surface area contributed by atoms with Gasteiger partial charge in [0.05, 0.1) is 11.4 Å².